The molecule has 2 heterocycles. The summed E-state index contributed by atoms with van der Waals surface area (Å²) in [7, 11) is 0. The molecule has 124 valence electrons. The molecular formula is C17H27NO4. The predicted molar refractivity (Wildman–Crippen MR) is 83.2 cm³/mol. The van der Waals surface area contributed by atoms with Crippen LogP contribution in [0.15, 0.2) is 12.2 Å². The SMILES string of the molecule is C[C@@H]1[C@@H](C)[C@H](C)O[C@@H]2CNC(=O)CC/C=C/CCC(=O)O[C@@H]12. The van der Waals surface area contributed by atoms with E-state index in [1.165, 1.54) is 0 Å². The minimum absolute atomic E-state index is 0.0106. The Morgan fingerprint density at radius 2 is 1.73 bits per heavy atom. The summed E-state index contributed by atoms with van der Waals surface area (Å²) in [6.45, 7) is 6.63. The first-order valence-electron chi connectivity index (χ1n) is 8.25. The molecule has 2 rings (SSSR count). The number of carbonyl (C=O) groups excluding carboxylic acids is 2. The number of nitrogens with one attached hydrogen (secondary N) is 1. The second kappa shape index (κ2) is 7.77. The highest BCUT2D eigenvalue weighted by molar-refractivity contribution is 5.76. The monoisotopic (exact) mass is 309 g/mol. The Hall–Kier alpha value is -1.36. The number of amides is 1. The van der Waals surface area contributed by atoms with Crippen molar-refractivity contribution in [1.29, 1.82) is 0 Å². The van der Waals surface area contributed by atoms with E-state index in [9.17, 15) is 9.59 Å². The average molecular weight is 309 g/mol. The Balaban J connectivity index is 2.12. The van der Waals surface area contributed by atoms with Crippen molar-refractivity contribution in [3.63, 3.8) is 0 Å². The lowest BCUT2D eigenvalue weighted by molar-refractivity contribution is -0.191. The summed E-state index contributed by atoms with van der Waals surface area (Å²) < 4.78 is 11.7. The Morgan fingerprint density at radius 3 is 2.45 bits per heavy atom. The molecule has 0 aromatic carbocycles. The zero-order chi connectivity index (χ0) is 16.1. The summed E-state index contributed by atoms with van der Waals surface area (Å²) >= 11 is 0. The van der Waals surface area contributed by atoms with E-state index in [4.69, 9.17) is 9.47 Å². The van der Waals surface area contributed by atoms with Gasteiger partial charge in [-0.2, -0.15) is 0 Å². The number of carbonyl (C=O) groups is 2. The molecule has 2 aliphatic heterocycles. The fourth-order valence-corrected chi connectivity index (χ4v) is 3.05. The quantitative estimate of drug-likeness (QED) is 0.550. The van der Waals surface area contributed by atoms with Crippen molar-refractivity contribution in [3.05, 3.63) is 12.2 Å². The number of fused-ring (bicyclic) bond motifs is 1. The van der Waals surface area contributed by atoms with E-state index in [1.807, 2.05) is 19.1 Å². The minimum atomic E-state index is -0.302. The Morgan fingerprint density at radius 1 is 1.05 bits per heavy atom. The molecule has 0 bridgehead atoms. The maximum Gasteiger partial charge on any atom is 0.306 e. The van der Waals surface area contributed by atoms with Crippen molar-refractivity contribution in [1.82, 2.24) is 5.32 Å². The smallest absolute Gasteiger partial charge is 0.306 e. The normalized spacial score (nSPS) is 39.3. The lowest BCUT2D eigenvalue weighted by atomic mass is 9.81. The number of hydrogen-bond donors (Lipinski definition) is 1. The highest BCUT2D eigenvalue weighted by Crippen LogP contribution is 2.32. The molecule has 0 aliphatic carbocycles. The van der Waals surface area contributed by atoms with Gasteiger partial charge in [-0.15, -0.1) is 0 Å². The van der Waals surface area contributed by atoms with Gasteiger partial charge in [-0.1, -0.05) is 26.0 Å². The predicted octanol–water partition coefficient (Wildman–Crippen LogP) is 2.20. The largest absolute Gasteiger partial charge is 0.459 e. The van der Waals surface area contributed by atoms with Gasteiger partial charge in [0, 0.05) is 25.3 Å². The summed E-state index contributed by atoms with van der Waals surface area (Å²) in [6, 6.07) is 0. The van der Waals surface area contributed by atoms with E-state index in [0.29, 0.717) is 38.1 Å². The summed E-state index contributed by atoms with van der Waals surface area (Å²) in [5.41, 5.74) is 0. The summed E-state index contributed by atoms with van der Waals surface area (Å²) in [5.74, 6) is 0.328. The van der Waals surface area contributed by atoms with Gasteiger partial charge in [0.15, 0.2) is 0 Å². The van der Waals surface area contributed by atoms with Gasteiger partial charge < -0.3 is 14.8 Å². The Kier molecular flexibility index (Phi) is 6.00. The fourth-order valence-electron chi connectivity index (χ4n) is 3.05. The van der Waals surface area contributed by atoms with Gasteiger partial charge in [0.1, 0.15) is 12.2 Å². The number of rotatable bonds is 0. The molecule has 1 saturated heterocycles. The van der Waals surface area contributed by atoms with Crippen LogP contribution in [-0.4, -0.2) is 36.7 Å². The molecule has 22 heavy (non-hydrogen) atoms. The molecule has 1 amide bonds. The topological polar surface area (TPSA) is 64.6 Å². The molecule has 0 aromatic heterocycles. The van der Waals surface area contributed by atoms with Gasteiger partial charge in [-0.05, 0) is 25.7 Å². The van der Waals surface area contributed by atoms with Crippen molar-refractivity contribution >= 4 is 11.9 Å². The molecule has 0 saturated carbocycles. The van der Waals surface area contributed by atoms with Crippen molar-refractivity contribution in [2.24, 2.45) is 11.8 Å². The van der Waals surface area contributed by atoms with Crippen LogP contribution >= 0.6 is 0 Å². The number of ether oxygens (including phenoxy) is 2. The maximum atomic E-state index is 12.0. The molecule has 0 spiro atoms. The van der Waals surface area contributed by atoms with E-state index in [0.717, 1.165) is 0 Å². The summed E-state index contributed by atoms with van der Waals surface area (Å²) in [6.07, 6.45) is 5.58. The van der Waals surface area contributed by atoms with Crippen LogP contribution in [0.25, 0.3) is 0 Å². The molecule has 0 aromatic rings. The van der Waals surface area contributed by atoms with Crippen molar-refractivity contribution in [2.45, 2.75) is 64.8 Å². The second-order valence-corrected chi connectivity index (χ2v) is 6.41. The van der Waals surface area contributed by atoms with Crippen molar-refractivity contribution < 1.29 is 19.1 Å². The van der Waals surface area contributed by atoms with E-state index in [1.54, 1.807) is 0 Å². The molecule has 5 nitrogen and oxygen atoms in total. The van der Waals surface area contributed by atoms with Gasteiger partial charge in [-0.3, -0.25) is 9.59 Å². The van der Waals surface area contributed by atoms with Gasteiger partial charge in [0.2, 0.25) is 5.91 Å². The zero-order valence-electron chi connectivity index (χ0n) is 13.7. The van der Waals surface area contributed by atoms with Gasteiger partial charge in [0.05, 0.1) is 6.10 Å². The molecule has 5 atom stereocenters. The second-order valence-electron chi connectivity index (χ2n) is 6.41. The average Bonchev–Trinajstić information content (AvgIpc) is 2.50. The van der Waals surface area contributed by atoms with Crippen LogP contribution < -0.4 is 5.32 Å². The van der Waals surface area contributed by atoms with Crippen LogP contribution in [0, 0.1) is 11.8 Å². The third kappa shape index (κ3) is 4.32. The number of allylic oxidation sites excluding steroid dienone is 2. The third-order valence-electron chi connectivity index (χ3n) is 4.83. The Labute approximate surface area is 132 Å². The van der Waals surface area contributed by atoms with Crippen molar-refractivity contribution in [3.8, 4) is 0 Å². The van der Waals surface area contributed by atoms with Crippen LogP contribution in [0.3, 0.4) is 0 Å². The first-order valence-corrected chi connectivity index (χ1v) is 8.25. The molecule has 1 N–H and O–H groups in total. The van der Waals surface area contributed by atoms with Crippen LogP contribution in [0.2, 0.25) is 0 Å². The fraction of sp³-hybridized carbons (Fsp3) is 0.765. The summed E-state index contributed by atoms with van der Waals surface area (Å²) in [4.78, 5) is 23.9. The lowest BCUT2D eigenvalue weighted by Crippen LogP contribution is -2.54. The molecule has 5 heteroatoms. The molecule has 1 fully saturated rings. The van der Waals surface area contributed by atoms with Crippen LogP contribution in [0.1, 0.15) is 46.5 Å². The van der Waals surface area contributed by atoms with Gasteiger partial charge >= 0.3 is 5.97 Å². The highest BCUT2D eigenvalue weighted by Gasteiger charge is 2.41. The zero-order valence-corrected chi connectivity index (χ0v) is 13.7. The number of hydrogen-bond acceptors (Lipinski definition) is 4. The highest BCUT2D eigenvalue weighted by atomic mass is 16.6. The minimum Gasteiger partial charge on any atom is -0.459 e. The first kappa shape index (κ1) is 17.0. The van der Waals surface area contributed by atoms with Crippen molar-refractivity contribution in [2.75, 3.05) is 6.54 Å². The van der Waals surface area contributed by atoms with E-state index in [2.05, 4.69) is 19.2 Å². The number of esters is 1. The summed E-state index contributed by atoms with van der Waals surface area (Å²) in [5, 5.41) is 2.90. The third-order valence-corrected chi connectivity index (χ3v) is 4.83. The van der Waals surface area contributed by atoms with Gasteiger partial charge in [-0.25, -0.2) is 0 Å². The standard InChI is InChI=1S/C17H27NO4/c1-11-12(2)17-14(21-13(11)3)10-18-15(19)8-6-4-5-7-9-16(20)22-17/h4-5,11-14,17H,6-10H2,1-3H3,(H,18,19)/b5-4+/t11-,12-,13+,14-,17+/m1/s1. The van der Waals surface area contributed by atoms with E-state index in [-0.39, 0.29) is 36.1 Å². The Bertz CT molecular complexity index is 434. The van der Waals surface area contributed by atoms with Gasteiger partial charge in [0.25, 0.3) is 0 Å². The van der Waals surface area contributed by atoms with Crippen LogP contribution in [0.5, 0.6) is 0 Å². The molecule has 2 aliphatic rings. The molecule has 0 radical (unpaired) electrons. The molecule has 0 unspecified atom stereocenters. The lowest BCUT2D eigenvalue weighted by Gasteiger charge is -2.43. The maximum absolute atomic E-state index is 12.0. The van der Waals surface area contributed by atoms with E-state index < -0.39 is 0 Å². The first-order chi connectivity index (χ1) is 10.5. The van der Waals surface area contributed by atoms with Crippen LogP contribution in [0.4, 0.5) is 0 Å². The van der Waals surface area contributed by atoms with Crippen LogP contribution in [-0.2, 0) is 19.1 Å². The molecular weight excluding hydrogens is 282 g/mol. The van der Waals surface area contributed by atoms with E-state index >= 15 is 0 Å².